The van der Waals surface area contributed by atoms with Crippen LogP contribution in [0.1, 0.15) is 34.7 Å². The first-order valence-corrected chi connectivity index (χ1v) is 13.0. The van der Waals surface area contributed by atoms with Crippen molar-refractivity contribution in [2.45, 2.75) is 38.6 Å². The maximum Gasteiger partial charge on any atom is 0.259 e. The van der Waals surface area contributed by atoms with Crippen LogP contribution in [0.25, 0.3) is 21.0 Å². The number of H-pyrrole nitrogens is 1. The second-order valence-corrected chi connectivity index (χ2v) is 10.5. The summed E-state index contributed by atoms with van der Waals surface area (Å²) >= 11 is 1.69. The van der Waals surface area contributed by atoms with Gasteiger partial charge in [0.25, 0.3) is 5.56 Å². The Morgan fingerprint density at radius 3 is 2.65 bits per heavy atom. The molecule has 1 N–H and O–H groups in total. The van der Waals surface area contributed by atoms with E-state index in [2.05, 4.69) is 40.2 Å². The van der Waals surface area contributed by atoms with Crippen molar-refractivity contribution in [2.24, 2.45) is 0 Å². The van der Waals surface area contributed by atoms with Crippen molar-refractivity contribution in [3.05, 3.63) is 74.6 Å². The number of fused-ring (bicyclic) bond motifs is 4. The Bertz CT molecular complexity index is 1430. The number of benzene rings is 2. The van der Waals surface area contributed by atoms with Crippen LogP contribution in [0.3, 0.4) is 0 Å². The van der Waals surface area contributed by atoms with E-state index in [9.17, 15) is 9.59 Å². The van der Waals surface area contributed by atoms with Gasteiger partial charge in [-0.1, -0.05) is 42.5 Å². The molecule has 4 aromatic rings. The SMILES string of the molecule is O=C(Cc1ccc2ccccc2c1)N1CCN(Cc2nc3sc4c(c3c(=O)[nH]2)CCCC4)CC1. The van der Waals surface area contributed by atoms with Gasteiger partial charge in [-0.3, -0.25) is 14.5 Å². The van der Waals surface area contributed by atoms with Crippen molar-refractivity contribution in [1.82, 2.24) is 19.8 Å². The van der Waals surface area contributed by atoms with E-state index in [0.717, 1.165) is 54.0 Å². The van der Waals surface area contributed by atoms with Crippen LogP contribution in [0.2, 0.25) is 0 Å². The second-order valence-electron chi connectivity index (χ2n) is 9.42. The number of thiophene rings is 1. The molecule has 0 radical (unpaired) electrons. The molecule has 1 amide bonds. The quantitative estimate of drug-likeness (QED) is 0.489. The zero-order valence-corrected chi connectivity index (χ0v) is 20.0. The minimum atomic E-state index is 0.00333. The van der Waals surface area contributed by atoms with Crippen LogP contribution in [0.15, 0.2) is 47.3 Å². The van der Waals surface area contributed by atoms with E-state index < -0.39 is 0 Å². The molecule has 0 unspecified atom stereocenters. The highest BCUT2D eigenvalue weighted by Crippen LogP contribution is 2.33. The molecule has 2 aromatic carbocycles. The van der Waals surface area contributed by atoms with Crippen molar-refractivity contribution in [3.8, 4) is 0 Å². The highest BCUT2D eigenvalue weighted by molar-refractivity contribution is 7.18. The van der Waals surface area contributed by atoms with Crippen LogP contribution in [-0.2, 0) is 30.6 Å². The normalized spacial score (nSPS) is 16.8. The molecule has 2 aliphatic rings. The first-order valence-electron chi connectivity index (χ1n) is 12.2. The van der Waals surface area contributed by atoms with Crippen LogP contribution in [0.5, 0.6) is 0 Å². The first-order chi connectivity index (χ1) is 16.6. The third-order valence-electron chi connectivity index (χ3n) is 7.14. The lowest BCUT2D eigenvalue weighted by molar-refractivity contribution is -0.132. The van der Waals surface area contributed by atoms with E-state index in [4.69, 9.17) is 4.98 Å². The Kier molecular flexibility index (Phi) is 5.67. The van der Waals surface area contributed by atoms with Gasteiger partial charge >= 0.3 is 0 Å². The molecule has 174 valence electrons. The van der Waals surface area contributed by atoms with Crippen molar-refractivity contribution in [1.29, 1.82) is 0 Å². The zero-order valence-electron chi connectivity index (χ0n) is 19.2. The van der Waals surface area contributed by atoms with Gasteiger partial charge in [-0.25, -0.2) is 4.98 Å². The number of hydrogen-bond donors (Lipinski definition) is 1. The number of amides is 1. The van der Waals surface area contributed by atoms with Crippen LogP contribution in [0.4, 0.5) is 0 Å². The summed E-state index contributed by atoms with van der Waals surface area (Å²) in [5.41, 5.74) is 2.29. The van der Waals surface area contributed by atoms with Crippen molar-refractivity contribution in [2.75, 3.05) is 26.2 Å². The van der Waals surface area contributed by atoms with Crippen LogP contribution in [-0.4, -0.2) is 51.9 Å². The molecule has 0 atom stereocenters. The average molecular weight is 473 g/mol. The van der Waals surface area contributed by atoms with Gasteiger partial charge in [-0.05, 0) is 47.6 Å². The highest BCUT2D eigenvalue weighted by Gasteiger charge is 2.23. The summed E-state index contributed by atoms with van der Waals surface area (Å²) in [6.07, 6.45) is 4.85. The summed E-state index contributed by atoms with van der Waals surface area (Å²) < 4.78 is 0. The molecule has 0 spiro atoms. The van der Waals surface area contributed by atoms with Crippen molar-refractivity contribution < 1.29 is 4.79 Å². The fraction of sp³-hybridized carbons (Fsp3) is 0.370. The van der Waals surface area contributed by atoms with Gasteiger partial charge in [0.1, 0.15) is 10.7 Å². The Hall–Kier alpha value is -3.03. The Labute approximate surface area is 202 Å². The number of nitrogens with zero attached hydrogens (tertiary/aromatic N) is 3. The van der Waals surface area contributed by atoms with E-state index in [1.165, 1.54) is 27.6 Å². The number of aromatic amines is 1. The maximum atomic E-state index is 12.9. The van der Waals surface area contributed by atoms with Gasteiger partial charge in [0.15, 0.2) is 0 Å². The molecule has 1 saturated heterocycles. The number of hydrogen-bond acceptors (Lipinski definition) is 5. The van der Waals surface area contributed by atoms with Crippen LogP contribution in [0, 0.1) is 0 Å². The minimum Gasteiger partial charge on any atom is -0.340 e. The average Bonchev–Trinajstić information content (AvgIpc) is 3.23. The summed E-state index contributed by atoms with van der Waals surface area (Å²) in [4.78, 5) is 40.0. The molecule has 6 nitrogen and oxygen atoms in total. The molecule has 1 aliphatic carbocycles. The van der Waals surface area contributed by atoms with Crippen LogP contribution < -0.4 is 5.56 Å². The number of rotatable bonds is 4. The van der Waals surface area contributed by atoms with Gasteiger partial charge in [-0.15, -0.1) is 11.3 Å². The van der Waals surface area contributed by atoms with Gasteiger partial charge in [-0.2, -0.15) is 0 Å². The monoisotopic (exact) mass is 472 g/mol. The number of aromatic nitrogens is 2. The molecule has 1 fully saturated rings. The number of carbonyl (C=O) groups is 1. The Morgan fingerprint density at radius 2 is 1.79 bits per heavy atom. The maximum absolute atomic E-state index is 12.9. The fourth-order valence-corrected chi connectivity index (χ4v) is 6.57. The van der Waals surface area contributed by atoms with E-state index in [1.807, 2.05) is 17.0 Å². The standard InChI is InChI=1S/C27H28N4O2S/c32-24(16-18-9-10-19-5-1-2-6-20(19)15-18)31-13-11-30(12-14-31)17-23-28-26(33)25-21-7-3-4-8-22(21)34-27(25)29-23/h1-2,5-6,9-10,15H,3-4,7-8,11-14,16-17H2,(H,28,29,33). The van der Waals surface area contributed by atoms with E-state index >= 15 is 0 Å². The van der Waals surface area contributed by atoms with E-state index in [1.54, 1.807) is 11.3 Å². The highest BCUT2D eigenvalue weighted by atomic mass is 32.1. The van der Waals surface area contributed by atoms with Gasteiger partial charge in [0, 0.05) is 31.1 Å². The zero-order chi connectivity index (χ0) is 23.1. The lowest BCUT2D eigenvalue weighted by Gasteiger charge is -2.34. The molecule has 0 saturated carbocycles. The first kappa shape index (κ1) is 21.5. The third-order valence-corrected chi connectivity index (χ3v) is 8.33. The van der Waals surface area contributed by atoms with Crippen molar-refractivity contribution in [3.63, 3.8) is 0 Å². The smallest absolute Gasteiger partial charge is 0.259 e. The second kappa shape index (κ2) is 8.96. The number of piperazine rings is 1. The van der Waals surface area contributed by atoms with Crippen LogP contribution >= 0.6 is 11.3 Å². The molecule has 7 heteroatoms. The Balaban J connectivity index is 1.09. The summed E-state index contributed by atoms with van der Waals surface area (Å²) in [6.45, 7) is 3.58. The summed E-state index contributed by atoms with van der Waals surface area (Å²) in [5.74, 6) is 0.902. The molecule has 3 heterocycles. The molecular formula is C27H28N4O2S. The third kappa shape index (κ3) is 4.14. The summed E-state index contributed by atoms with van der Waals surface area (Å²) in [7, 11) is 0. The lowest BCUT2D eigenvalue weighted by Crippen LogP contribution is -2.49. The summed E-state index contributed by atoms with van der Waals surface area (Å²) in [5, 5.41) is 3.18. The van der Waals surface area contributed by atoms with E-state index in [0.29, 0.717) is 26.1 Å². The number of aryl methyl sites for hydroxylation is 2. The Morgan fingerprint density at radius 1 is 1.00 bits per heavy atom. The van der Waals surface area contributed by atoms with Gasteiger partial charge in [0.05, 0.1) is 18.4 Å². The number of nitrogens with one attached hydrogen (secondary N) is 1. The predicted octanol–water partition coefficient (Wildman–Crippen LogP) is 3.90. The lowest BCUT2D eigenvalue weighted by atomic mass is 9.97. The molecule has 2 aromatic heterocycles. The van der Waals surface area contributed by atoms with E-state index in [-0.39, 0.29) is 11.5 Å². The molecule has 0 bridgehead atoms. The molecule has 1 aliphatic heterocycles. The fourth-order valence-electron chi connectivity index (χ4n) is 5.29. The van der Waals surface area contributed by atoms with Gasteiger partial charge in [0.2, 0.25) is 5.91 Å². The predicted molar refractivity (Wildman–Crippen MR) is 136 cm³/mol. The molecule has 34 heavy (non-hydrogen) atoms. The van der Waals surface area contributed by atoms with Gasteiger partial charge < -0.3 is 9.88 Å². The topological polar surface area (TPSA) is 69.3 Å². The summed E-state index contributed by atoms with van der Waals surface area (Å²) in [6, 6.07) is 14.5. The largest absolute Gasteiger partial charge is 0.340 e. The minimum absolute atomic E-state index is 0.00333. The molecular weight excluding hydrogens is 444 g/mol. The van der Waals surface area contributed by atoms with Crippen molar-refractivity contribution >= 4 is 38.2 Å². The molecule has 6 rings (SSSR count). The number of carbonyl (C=O) groups excluding carboxylic acids is 1.